The Morgan fingerprint density at radius 1 is 0.583 bits per heavy atom. The van der Waals surface area contributed by atoms with Gasteiger partial charge in [0.1, 0.15) is 54.9 Å². The van der Waals surface area contributed by atoms with Crippen LogP contribution in [-0.4, -0.2) is 110 Å². The molecule has 3 aliphatic heterocycles. The molecule has 0 spiro atoms. The fourth-order valence-electron chi connectivity index (χ4n) is 2.89. The van der Waals surface area contributed by atoms with Crippen LogP contribution in [0.25, 0.3) is 0 Å². The molecule has 0 amide bonds. The molecular formula is C15H24O9. The van der Waals surface area contributed by atoms with Gasteiger partial charge in [-0.25, -0.2) is 0 Å². The summed E-state index contributed by atoms with van der Waals surface area (Å²) in [5, 5.41) is 30.8. The summed E-state index contributed by atoms with van der Waals surface area (Å²) < 4.78 is 32.7. The first kappa shape index (κ1) is 17.1. The van der Waals surface area contributed by atoms with Crippen molar-refractivity contribution in [2.75, 3.05) is 39.6 Å². The second kappa shape index (κ2) is 7.10. The van der Waals surface area contributed by atoms with E-state index in [1.807, 2.05) is 0 Å². The van der Waals surface area contributed by atoms with Crippen molar-refractivity contribution in [1.82, 2.24) is 0 Å². The van der Waals surface area contributed by atoms with Crippen LogP contribution in [0.3, 0.4) is 0 Å². The SMILES string of the molecule is OC1[C@@H](O)[C@H](OCC2CO2)C(OCC2CO2)[C@H](OCC2CO2)[C@H]1O. The molecule has 0 bridgehead atoms. The van der Waals surface area contributed by atoms with E-state index in [0.717, 1.165) is 0 Å². The molecular weight excluding hydrogens is 324 g/mol. The zero-order chi connectivity index (χ0) is 16.7. The van der Waals surface area contributed by atoms with E-state index < -0.39 is 36.6 Å². The summed E-state index contributed by atoms with van der Waals surface area (Å²) >= 11 is 0. The van der Waals surface area contributed by atoms with Crippen molar-refractivity contribution in [2.45, 2.75) is 54.9 Å². The second-order valence-corrected chi connectivity index (χ2v) is 6.73. The summed E-state index contributed by atoms with van der Waals surface area (Å²) in [6.45, 7) is 2.78. The molecule has 9 atom stereocenters. The van der Waals surface area contributed by atoms with Gasteiger partial charge in [0.2, 0.25) is 0 Å². The highest BCUT2D eigenvalue weighted by Gasteiger charge is 2.52. The monoisotopic (exact) mass is 348 g/mol. The van der Waals surface area contributed by atoms with Crippen LogP contribution in [0.2, 0.25) is 0 Å². The van der Waals surface area contributed by atoms with E-state index in [1.54, 1.807) is 0 Å². The predicted molar refractivity (Wildman–Crippen MR) is 76.5 cm³/mol. The second-order valence-electron chi connectivity index (χ2n) is 6.73. The normalized spacial score (nSPS) is 49.9. The van der Waals surface area contributed by atoms with Crippen LogP contribution in [0.1, 0.15) is 0 Å². The first-order chi connectivity index (χ1) is 11.6. The molecule has 0 aromatic carbocycles. The standard InChI is InChI=1S/C15H24O9/c16-10-11(17)13(22-4-7-1-19-7)15(24-6-9-3-21-9)14(12(10)18)23-5-8-2-20-8/h7-18H,1-6H2/t7?,8?,9?,10?,11-,12+,13+,14-,15?. The lowest BCUT2D eigenvalue weighted by Crippen LogP contribution is -2.66. The lowest BCUT2D eigenvalue weighted by Gasteiger charge is -2.45. The van der Waals surface area contributed by atoms with Gasteiger partial charge < -0.3 is 43.7 Å². The Kier molecular flexibility index (Phi) is 5.05. The summed E-state index contributed by atoms with van der Waals surface area (Å²) in [7, 11) is 0. The maximum absolute atomic E-state index is 10.3. The Labute approximate surface area is 139 Å². The van der Waals surface area contributed by atoms with E-state index in [-0.39, 0.29) is 18.3 Å². The molecule has 1 saturated carbocycles. The van der Waals surface area contributed by atoms with Crippen LogP contribution < -0.4 is 0 Å². The average molecular weight is 348 g/mol. The summed E-state index contributed by atoms with van der Waals surface area (Å²) in [6, 6.07) is 0. The minimum Gasteiger partial charge on any atom is -0.387 e. The van der Waals surface area contributed by atoms with Gasteiger partial charge in [-0.05, 0) is 0 Å². The third-order valence-corrected chi connectivity index (χ3v) is 4.65. The van der Waals surface area contributed by atoms with Crippen molar-refractivity contribution in [3.05, 3.63) is 0 Å². The summed E-state index contributed by atoms with van der Waals surface area (Å²) in [6.07, 6.45) is -6.27. The highest BCUT2D eigenvalue weighted by molar-refractivity contribution is 5.02. The van der Waals surface area contributed by atoms with Crippen LogP contribution in [0.5, 0.6) is 0 Å². The van der Waals surface area contributed by atoms with Gasteiger partial charge in [-0.15, -0.1) is 0 Å². The number of rotatable bonds is 9. The first-order valence-corrected chi connectivity index (χ1v) is 8.37. The molecule has 1 aliphatic carbocycles. The van der Waals surface area contributed by atoms with Crippen molar-refractivity contribution in [3.8, 4) is 0 Å². The van der Waals surface area contributed by atoms with Crippen LogP contribution in [0, 0.1) is 0 Å². The van der Waals surface area contributed by atoms with Gasteiger partial charge in [0.25, 0.3) is 0 Å². The summed E-state index contributed by atoms with van der Waals surface area (Å²) in [5.41, 5.74) is 0. The Morgan fingerprint density at radius 2 is 0.917 bits per heavy atom. The van der Waals surface area contributed by atoms with Crippen molar-refractivity contribution in [1.29, 1.82) is 0 Å². The summed E-state index contributed by atoms with van der Waals surface area (Å²) in [4.78, 5) is 0. The van der Waals surface area contributed by atoms with Crippen LogP contribution in [-0.2, 0) is 28.4 Å². The van der Waals surface area contributed by atoms with E-state index >= 15 is 0 Å². The highest BCUT2D eigenvalue weighted by Crippen LogP contribution is 2.30. The lowest BCUT2D eigenvalue weighted by atomic mass is 9.84. The Morgan fingerprint density at radius 3 is 1.25 bits per heavy atom. The topological polar surface area (TPSA) is 126 Å². The molecule has 3 saturated heterocycles. The lowest BCUT2D eigenvalue weighted by molar-refractivity contribution is -0.258. The molecule has 0 radical (unpaired) electrons. The first-order valence-electron chi connectivity index (χ1n) is 8.37. The Bertz CT molecular complexity index is 393. The zero-order valence-corrected chi connectivity index (χ0v) is 13.2. The Hall–Kier alpha value is -0.360. The quantitative estimate of drug-likeness (QED) is 0.386. The maximum atomic E-state index is 10.3. The van der Waals surface area contributed by atoms with Gasteiger partial charge in [0, 0.05) is 0 Å². The van der Waals surface area contributed by atoms with Crippen molar-refractivity contribution >= 4 is 0 Å². The van der Waals surface area contributed by atoms with E-state index in [2.05, 4.69) is 0 Å². The van der Waals surface area contributed by atoms with Gasteiger partial charge in [-0.3, -0.25) is 0 Å². The van der Waals surface area contributed by atoms with Crippen LogP contribution in [0.15, 0.2) is 0 Å². The predicted octanol–water partition coefficient (Wildman–Crippen LogP) is -2.57. The summed E-state index contributed by atoms with van der Waals surface area (Å²) in [5.74, 6) is 0. The van der Waals surface area contributed by atoms with Gasteiger partial charge in [-0.1, -0.05) is 0 Å². The third kappa shape index (κ3) is 4.06. The molecule has 9 nitrogen and oxygen atoms in total. The molecule has 9 heteroatoms. The fraction of sp³-hybridized carbons (Fsp3) is 1.00. The molecule has 4 fully saturated rings. The van der Waals surface area contributed by atoms with Gasteiger partial charge in [0.15, 0.2) is 0 Å². The van der Waals surface area contributed by atoms with Crippen molar-refractivity contribution < 1.29 is 43.7 Å². The third-order valence-electron chi connectivity index (χ3n) is 4.65. The average Bonchev–Trinajstić information content (AvgIpc) is 3.42. The van der Waals surface area contributed by atoms with Gasteiger partial charge in [-0.2, -0.15) is 0 Å². The highest BCUT2D eigenvalue weighted by atomic mass is 16.6. The van der Waals surface area contributed by atoms with E-state index in [4.69, 9.17) is 28.4 Å². The molecule has 0 aromatic rings. The molecule has 5 unspecified atom stereocenters. The molecule has 3 heterocycles. The zero-order valence-electron chi connectivity index (χ0n) is 13.2. The molecule has 4 aliphatic rings. The number of ether oxygens (including phenoxy) is 6. The van der Waals surface area contributed by atoms with E-state index in [0.29, 0.717) is 39.6 Å². The van der Waals surface area contributed by atoms with Crippen molar-refractivity contribution in [2.24, 2.45) is 0 Å². The molecule has 4 rings (SSSR count). The number of hydrogen-bond donors (Lipinski definition) is 3. The number of hydrogen-bond acceptors (Lipinski definition) is 9. The number of aliphatic hydroxyl groups excluding tert-OH is 3. The van der Waals surface area contributed by atoms with E-state index in [9.17, 15) is 15.3 Å². The largest absolute Gasteiger partial charge is 0.387 e. The number of epoxide rings is 3. The smallest absolute Gasteiger partial charge is 0.115 e. The Balaban J connectivity index is 1.44. The molecule has 3 N–H and O–H groups in total. The van der Waals surface area contributed by atoms with E-state index in [1.165, 1.54) is 0 Å². The number of aliphatic hydroxyl groups is 3. The van der Waals surface area contributed by atoms with Gasteiger partial charge >= 0.3 is 0 Å². The molecule has 0 aromatic heterocycles. The molecule has 138 valence electrons. The minimum absolute atomic E-state index is 0.00726. The van der Waals surface area contributed by atoms with Crippen molar-refractivity contribution in [3.63, 3.8) is 0 Å². The van der Waals surface area contributed by atoms with Crippen LogP contribution in [0.4, 0.5) is 0 Å². The van der Waals surface area contributed by atoms with Gasteiger partial charge in [0.05, 0.1) is 39.6 Å². The molecule has 24 heavy (non-hydrogen) atoms. The minimum atomic E-state index is -1.38. The maximum Gasteiger partial charge on any atom is 0.115 e. The fourth-order valence-corrected chi connectivity index (χ4v) is 2.89. The van der Waals surface area contributed by atoms with Crippen LogP contribution >= 0.6 is 0 Å².